The number of rotatable bonds is 2. The lowest BCUT2D eigenvalue weighted by Crippen LogP contribution is -2.55. The van der Waals surface area contributed by atoms with Crippen molar-refractivity contribution in [2.24, 2.45) is 0 Å². The molecule has 0 saturated carbocycles. The smallest absolute Gasteiger partial charge is 0.410 e. The van der Waals surface area contributed by atoms with Crippen molar-refractivity contribution in [1.29, 1.82) is 0 Å². The monoisotopic (exact) mass is 276 g/mol. The lowest BCUT2D eigenvalue weighted by atomic mass is 10.2. The lowest BCUT2D eigenvalue weighted by Gasteiger charge is -2.38. The molecule has 7 heteroatoms. The van der Waals surface area contributed by atoms with Crippen LogP contribution in [0.25, 0.3) is 0 Å². The van der Waals surface area contributed by atoms with E-state index in [0.717, 1.165) is 0 Å². The zero-order valence-electron chi connectivity index (χ0n) is 11.2. The van der Waals surface area contributed by atoms with Crippen LogP contribution in [0.4, 0.5) is 4.79 Å². The van der Waals surface area contributed by atoms with E-state index in [0.29, 0.717) is 13.1 Å². The Hall–Kier alpha value is -0.950. The number of amides is 1. The molecular weight excluding hydrogens is 256 g/mol. The summed E-state index contributed by atoms with van der Waals surface area (Å²) >= 11 is 1.38. The summed E-state index contributed by atoms with van der Waals surface area (Å²) < 4.78 is 7.01. The summed E-state index contributed by atoms with van der Waals surface area (Å²) in [5, 5.41) is 9.14. The highest BCUT2D eigenvalue weighted by Gasteiger charge is 2.35. The first-order valence-electron chi connectivity index (χ1n) is 5.76. The van der Waals surface area contributed by atoms with Gasteiger partial charge in [0.15, 0.2) is 0 Å². The van der Waals surface area contributed by atoms with E-state index in [2.05, 4.69) is 0 Å². The first-order valence-corrected chi connectivity index (χ1v) is 6.94. The highest BCUT2D eigenvalue weighted by molar-refractivity contribution is 7.96. The van der Waals surface area contributed by atoms with E-state index in [4.69, 9.17) is 9.84 Å². The molecule has 18 heavy (non-hydrogen) atoms. The van der Waals surface area contributed by atoms with Gasteiger partial charge in [0.1, 0.15) is 11.6 Å². The lowest BCUT2D eigenvalue weighted by molar-refractivity contribution is -0.142. The molecule has 0 aromatic rings. The van der Waals surface area contributed by atoms with Crippen LogP contribution < -0.4 is 0 Å². The Morgan fingerprint density at radius 1 is 1.33 bits per heavy atom. The number of aliphatic carboxylic acids is 1. The Labute approximate surface area is 111 Å². The van der Waals surface area contributed by atoms with Crippen LogP contribution in [0.15, 0.2) is 0 Å². The number of hydrogen-bond donors (Lipinski definition) is 1. The molecule has 1 saturated heterocycles. The van der Waals surface area contributed by atoms with Crippen LogP contribution in [0, 0.1) is 0 Å². The molecule has 1 rings (SSSR count). The molecule has 1 fully saturated rings. The fraction of sp³-hybridized carbons (Fsp3) is 0.818. The highest BCUT2D eigenvalue weighted by Crippen LogP contribution is 2.19. The fourth-order valence-electron chi connectivity index (χ4n) is 1.68. The summed E-state index contributed by atoms with van der Waals surface area (Å²) in [4.78, 5) is 24.5. The number of hydrogen-bond acceptors (Lipinski definition) is 5. The molecule has 1 heterocycles. The highest BCUT2D eigenvalue weighted by atomic mass is 32.2. The van der Waals surface area contributed by atoms with E-state index < -0.39 is 23.7 Å². The second kappa shape index (κ2) is 5.79. The summed E-state index contributed by atoms with van der Waals surface area (Å²) in [5.74, 6) is -0.919. The van der Waals surface area contributed by atoms with Crippen LogP contribution in [0.3, 0.4) is 0 Å². The third-order valence-corrected chi connectivity index (χ3v) is 3.41. The minimum Gasteiger partial charge on any atom is -0.480 e. The third-order valence-electron chi connectivity index (χ3n) is 2.50. The average molecular weight is 276 g/mol. The first-order chi connectivity index (χ1) is 8.24. The van der Waals surface area contributed by atoms with Gasteiger partial charge in [0, 0.05) is 13.1 Å². The number of piperazine rings is 1. The number of carbonyl (C=O) groups excluding carboxylic acids is 1. The summed E-state index contributed by atoms with van der Waals surface area (Å²) in [6.07, 6.45) is 1.38. The van der Waals surface area contributed by atoms with Crippen molar-refractivity contribution in [2.45, 2.75) is 32.4 Å². The molecule has 0 aromatic carbocycles. The van der Waals surface area contributed by atoms with Crippen LogP contribution in [-0.4, -0.2) is 63.9 Å². The number of nitrogens with zero attached hydrogens (tertiary/aromatic N) is 2. The Kier molecular flexibility index (Phi) is 4.86. The summed E-state index contributed by atoms with van der Waals surface area (Å²) in [7, 11) is 0. The molecule has 0 bridgehead atoms. The van der Waals surface area contributed by atoms with Crippen molar-refractivity contribution in [3.8, 4) is 0 Å². The molecule has 1 N–H and O–H groups in total. The standard InChI is InChI=1S/C11H20N2O4S/c1-11(2,3)17-10(16)12-5-6-13(18-4)8(7-12)9(14)15/h8H,5-7H2,1-4H3,(H,14,15). The van der Waals surface area contributed by atoms with Crippen molar-refractivity contribution >= 4 is 24.0 Å². The topological polar surface area (TPSA) is 70.1 Å². The van der Waals surface area contributed by atoms with Crippen LogP contribution >= 0.6 is 11.9 Å². The van der Waals surface area contributed by atoms with Gasteiger partial charge in [-0.15, -0.1) is 0 Å². The second-order valence-corrected chi connectivity index (χ2v) is 5.94. The number of carboxylic acids is 1. The molecule has 1 atom stereocenters. The predicted molar refractivity (Wildman–Crippen MR) is 69.5 cm³/mol. The average Bonchev–Trinajstić information content (AvgIpc) is 2.25. The van der Waals surface area contributed by atoms with Crippen molar-refractivity contribution < 1.29 is 19.4 Å². The zero-order chi connectivity index (χ0) is 13.9. The van der Waals surface area contributed by atoms with E-state index in [1.54, 1.807) is 25.1 Å². The molecule has 1 amide bonds. The number of carbonyl (C=O) groups is 2. The Bertz CT molecular complexity index is 329. The predicted octanol–water partition coefficient (Wildman–Crippen LogP) is 1.27. The number of carboxylic acid groups (broad SMARTS) is 1. The van der Waals surface area contributed by atoms with Crippen molar-refractivity contribution in [3.05, 3.63) is 0 Å². The summed E-state index contributed by atoms with van der Waals surface area (Å²) in [6, 6.07) is -0.679. The van der Waals surface area contributed by atoms with Gasteiger partial charge in [-0.25, -0.2) is 9.10 Å². The quantitative estimate of drug-likeness (QED) is 0.766. The normalized spacial score (nSPS) is 21.8. The molecule has 0 radical (unpaired) electrons. The second-order valence-electron chi connectivity index (χ2n) is 5.10. The molecule has 0 aromatic heterocycles. The first kappa shape index (κ1) is 15.1. The molecule has 6 nitrogen and oxygen atoms in total. The SMILES string of the molecule is CSN1CCN(C(=O)OC(C)(C)C)CC1C(=O)O. The van der Waals surface area contributed by atoms with Gasteiger partial charge >= 0.3 is 12.1 Å². The van der Waals surface area contributed by atoms with Gasteiger partial charge in [-0.3, -0.25) is 4.79 Å². The van der Waals surface area contributed by atoms with E-state index in [1.807, 2.05) is 6.26 Å². The molecule has 1 unspecified atom stereocenters. The van der Waals surface area contributed by atoms with Gasteiger partial charge in [0.2, 0.25) is 0 Å². The van der Waals surface area contributed by atoms with Crippen LogP contribution in [0.5, 0.6) is 0 Å². The van der Waals surface area contributed by atoms with Crippen LogP contribution in [-0.2, 0) is 9.53 Å². The van der Waals surface area contributed by atoms with Crippen LogP contribution in [0.1, 0.15) is 20.8 Å². The van der Waals surface area contributed by atoms with E-state index in [9.17, 15) is 9.59 Å². The minimum absolute atomic E-state index is 0.158. The largest absolute Gasteiger partial charge is 0.480 e. The maximum absolute atomic E-state index is 11.9. The van der Waals surface area contributed by atoms with Gasteiger partial charge in [0.25, 0.3) is 0 Å². The van der Waals surface area contributed by atoms with Crippen LogP contribution in [0.2, 0.25) is 0 Å². The van der Waals surface area contributed by atoms with Gasteiger partial charge in [0.05, 0.1) is 6.54 Å². The Morgan fingerprint density at radius 3 is 2.39 bits per heavy atom. The Balaban J connectivity index is 2.65. The van der Waals surface area contributed by atoms with E-state index >= 15 is 0 Å². The van der Waals surface area contributed by atoms with Gasteiger partial charge in [-0.2, -0.15) is 0 Å². The van der Waals surface area contributed by atoms with Gasteiger partial charge < -0.3 is 14.7 Å². The number of ether oxygens (including phenoxy) is 1. The molecule has 1 aliphatic rings. The third kappa shape index (κ3) is 4.06. The molecule has 104 valence electrons. The van der Waals surface area contributed by atoms with Crippen molar-refractivity contribution in [2.75, 3.05) is 25.9 Å². The van der Waals surface area contributed by atoms with E-state index in [-0.39, 0.29) is 6.54 Å². The van der Waals surface area contributed by atoms with E-state index in [1.165, 1.54) is 16.8 Å². The Morgan fingerprint density at radius 2 is 1.94 bits per heavy atom. The molecule has 0 aliphatic carbocycles. The minimum atomic E-state index is -0.919. The summed E-state index contributed by atoms with van der Waals surface area (Å²) in [5.41, 5.74) is -0.563. The van der Waals surface area contributed by atoms with Crippen molar-refractivity contribution in [3.63, 3.8) is 0 Å². The molecular formula is C11H20N2O4S. The fourth-order valence-corrected chi connectivity index (χ4v) is 2.35. The maximum atomic E-state index is 11.9. The summed E-state index contributed by atoms with van der Waals surface area (Å²) in [6.45, 7) is 6.54. The van der Waals surface area contributed by atoms with Gasteiger partial charge in [-0.05, 0) is 27.0 Å². The van der Waals surface area contributed by atoms with Crippen molar-refractivity contribution in [1.82, 2.24) is 9.21 Å². The zero-order valence-corrected chi connectivity index (χ0v) is 12.0. The molecule has 1 aliphatic heterocycles. The molecule has 0 spiro atoms. The maximum Gasteiger partial charge on any atom is 0.410 e. The van der Waals surface area contributed by atoms with Gasteiger partial charge in [-0.1, -0.05) is 11.9 Å².